The summed E-state index contributed by atoms with van der Waals surface area (Å²) in [6.45, 7) is 2.03. The smallest absolute Gasteiger partial charge is 0.288 e. The molecule has 0 bridgehead atoms. The van der Waals surface area contributed by atoms with Crippen LogP contribution in [-0.2, 0) is 27.5 Å². The Morgan fingerprint density at radius 3 is 2.25 bits per heavy atom. The van der Waals surface area contributed by atoms with E-state index >= 15 is 0 Å². The van der Waals surface area contributed by atoms with Gasteiger partial charge in [-0.2, -0.15) is 0 Å². The maximum atomic E-state index is 13.3. The monoisotopic (exact) mass is 555 g/mol. The predicted octanol–water partition coefficient (Wildman–Crippen LogP) is 4.46. The zero-order valence-corrected chi connectivity index (χ0v) is 21.6. The van der Waals surface area contributed by atoms with Gasteiger partial charge in [-0.25, -0.2) is 5.06 Å². The number of benzene rings is 2. The highest BCUT2D eigenvalue weighted by molar-refractivity contribution is 9.10. The van der Waals surface area contributed by atoms with Crippen LogP contribution in [0.3, 0.4) is 0 Å². The van der Waals surface area contributed by atoms with Crippen LogP contribution < -0.4 is 10.6 Å². The van der Waals surface area contributed by atoms with Crippen molar-refractivity contribution in [3.8, 4) is 0 Å². The van der Waals surface area contributed by atoms with Crippen LogP contribution >= 0.6 is 15.9 Å². The van der Waals surface area contributed by atoms with Gasteiger partial charge in [0.25, 0.3) is 5.91 Å². The topological polar surface area (TPSA) is 101 Å². The summed E-state index contributed by atoms with van der Waals surface area (Å²) in [7, 11) is 0. The molecule has 0 aliphatic carbocycles. The molecule has 9 heteroatoms. The predicted molar refractivity (Wildman–Crippen MR) is 138 cm³/mol. The Kier molecular flexibility index (Phi) is 10.7. The van der Waals surface area contributed by atoms with Crippen molar-refractivity contribution in [3.63, 3.8) is 0 Å². The van der Waals surface area contributed by atoms with Gasteiger partial charge in [0, 0.05) is 0 Å². The van der Waals surface area contributed by atoms with Gasteiger partial charge in [0.05, 0.1) is 18.6 Å². The summed E-state index contributed by atoms with van der Waals surface area (Å²) in [6, 6.07) is 22.0. The highest BCUT2D eigenvalue weighted by Crippen LogP contribution is 2.22. The molecule has 8 nitrogen and oxygen atoms in total. The molecule has 0 fully saturated rings. The molecule has 0 aliphatic rings. The average Bonchev–Trinajstić information content (AvgIpc) is 3.35. The van der Waals surface area contributed by atoms with Gasteiger partial charge in [0.1, 0.15) is 6.61 Å². The van der Waals surface area contributed by atoms with Crippen molar-refractivity contribution >= 4 is 34.2 Å². The van der Waals surface area contributed by atoms with E-state index in [1.807, 2.05) is 67.6 Å². The third kappa shape index (κ3) is 8.07. The Bertz CT molecular complexity index is 1110. The molecule has 0 aliphatic heterocycles. The molecule has 0 saturated carbocycles. The van der Waals surface area contributed by atoms with Crippen LogP contribution in [0, 0.1) is 5.92 Å². The van der Waals surface area contributed by atoms with E-state index in [0.29, 0.717) is 30.3 Å². The van der Waals surface area contributed by atoms with Crippen LogP contribution in [0.2, 0.25) is 0 Å². The van der Waals surface area contributed by atoms with Crippen molar-refractivity contribution in [2.75, 3.05) is 6.67 Å². The van der Waals surface area contributed by atoms with Gasteiger partial charge in [0.2, 0.25) is 12.3 Å². The maximum absolute atomic E-state index is 13.3. The summed E-state index contributed by atoms with van der Waals surface area (Å²) in [4.78, 5) is 43.3. The molecule has 1 aromatic heterocycles. The maximum Gasteiger partial charge on any atom is 0.288 e. The minimum absolute atomic E-state index is 0.0831. The lowest BCUT2D eigenvalue weighted by Crippen LogP contribution is -2.48. The fourth-order valence-corrected chi connectivity index (χ4v) is 4.21. The molecule has 190 valence electrons. The molecule has 0 unspecified atom stereocenters. The number of carbonyl (C=O) groups excluding carboxylic acids is 3. The molecule has 2 atom stereocenters. The third-order valence-corrected chi connectivity index (χ3v) is 6.19. The van der Waals surface area contributed by atoms with Gasteiger partial charge in [-0.1, -0.05) is 67.6 Å². The number of hydrogen-bond acceptors (Lipinski definition) is 5. The van der Waals surface area contributed by atoms with E-state index in [-0.39, 0.29) is 24.9 Å². The molecule has 3 aromatic rings. The SMILES string of the molecule is CC[C@H]([C@@H](CCc1ccccc1)C(=O)NCNC(=O)c1ccc(Br)o1)N(C=O)OCc1ccccc1. The lowest BCUT2D eigenvalue weighted by molar-refractivity contribution is -0.200. The van der Waals surface area contributed by atoms with Crippen molar-refractivity contribution in [1.29, 1.82) is 0 Å². The van der Waals surface area contributed by atoms with E-state index in [0.717, 1.165) is 11.1 Å². The minimum atomic E-state index is -0.564. The molecule has 2 N–H and O–H groups in total. The standard InChI is InChI=1S/C27H30BrN3O5/c1-2-23(31(19-32)35-17-21-11-7-4-8-12-21)22(14-13-20-9-5-3-6-10-20)26(33)29-18-30-27(34)24-15-16-25(28)36-24/h3-12,15-16,19,22-23H,2,13-14,17-18H2,1H3,(H,29,33)(H,30,34)/t22-,23-/m1/s1. The molecule has 36 heavy (non-hydrogen) atoms. The second-order valence-electron chi connectivity index (χ2n) is 8.16. The first-order valence-electron chi connectivity index (χ1n) is 11.8. The lowest BCUT2D eigenvalue weighted by atomic mass is 9.90. The van der Waals surface area contributed by atoms with Crippen LogP contribution in [0.5, 0.6) is 0 Å². The summed E-state index contributed by atoms with van der Waals surface area (Å²) in [5, 5.41) is 6.63. The van der Waals surface area contributed by atoms with Gasteiger partial charge >= 0.3 is 0 Å². The first-order chi connectivity index (χ1) is 17.5. The number of hydroxylamine groups is 2. The molecule has 3 amide bonds. The van der Waals surface area contributed by atoms with Gasteiger partial charge in [-0.15, -0.1) is 0 Å². The summed E-state index contributed by atoms with van der Waals surface area (Å²) >= 11 is 3.16. The number of nitrogens with zero attached hydrogens (tertiary/aromatic N) is 1. The molecule has 1 heterocycles. The zero-order chi connectivity index (χ0) is 25.8. The molecule has 2 aromatic carbocycles. The second-order valence-corrected chi connectivity index (χ2v) is 8.94. The Balaban J connectivity index is 1.67. The van der Waals surface area contributed by atoms with Crippen molar-refractivity contribution in [2.45, 2.75) is 38.8 Å². The van der Waals surface area contributed by atoms with Gasteiger partial charge in [-0.3, -0.25) is 19.2 Å². The molecule has 0 saturated heterocycles. The van der Waals surface area contributed by atoms with Crippen LogP contribution in [0.4, 0.5) is 0 Å². The quantitative estimate of drug-likeness (QED) is 0.174. The fourth-order valence-electron chi connectivity index (χ4n) is 3.90. The summed E-state index contributed by atoms with van der Waals surface area (Å²) < 4.78 is 5.67. The van der Waals surface area contributed by atoms with Gasteiger partial charge in [0.15, 0.2) is 10.4 Å². The molecular formula is C27H30BrN3O5. The van der Waals surface area contributed by atoms with E-state index in [1.54, 1.807) is 6.07 Å². The first kappa shape index (κ1) is 27.2. The second kappa shape index (κ2) is 14.2. The van der Waals surface area contributed by atoms with E-state index in [4.69, 9.17) is 9.25 Å². The number of hydrogen-bond donors (Lipinski definition) is 2. The van der Waals surface area contributed by atoms with E-state index in [2.05, 4.69) is 26.6 Å². The number of halogens is 1. The Labute approximate surface area is 219 Å². The highest BCUT2D eigenvalue weighted by Gasteiger charge is 2.32. The zero-order valence-electron chi connectivity index (χ0n) is 20.1. The first-order valence-corrected chi connectivity index (χ1v) is 12.6. The van der Waals surface area contributed by atoms with Crippen molar-refractivity contribution in [2.24, 2.45) is 5.92 Å². The fraction of sp³-hybridized carbons (Fsp3) is 0.296. The number of rotatable bonds is 14. The Morgan fingerprint density at radius 2 is 1.67 bits per heavy atom. The van der Waals surface area contributed by atoms with Crippen molar-refractivity contribution < 1.29 is 23.6 Å². The number of amides is 3. The molecule has 0 radical (unpaired) electrons. The molecule has 0 spiro atoms. The number of aryl methyl sites for hydroxylation is 1. The van der Waals surface area contributed by atoms with E-state index in [1.165, 1.54) is 11.1 Å². The Hall–Kier alpha value is -3.43. The summed E-state index contributed by atoms with van der Waals surface area (Å²) in [6.07, 6.45) is 2.27. The summed E-state index contributed by atoms with van der Waals surface area (Å²) in [5.41, 5.74) is 2.00. The van der Waals surface area contributed by atoms with Crippen LogP contribution in [0.1, 0.15) is 41.4 Å². The van der Waals surface area contributed by atoms with E-state index in [9.17, 15) is 14.4 Å². The Morgan fingerprint density at radius 1 is 1.00 bits per heavy atom. The molecular weight excluding hydrogens is 526 g/mol. The minimum Gasteiger partial charge on any atom is -0.444 e. The largest absolute Gasteiger partial charge is 0.444 e. The van der Waals surface area contributed by atoms with Crippen LogP contribution in [0.25, 0.3) is 0 Å². The highest BCUT2D eigenvalue weighted by atomic mass is 79.9. The number of carbonyl (C=O) groups is 3. The van der Waals surface area contributed by atoms with Crippen LogP contribution in [-0.4, -0.2) is 36.0 Å². The van der Waals surface area contributed by atoms with Crippen LogP contribution in [0.15, 0.2) is 81.9 Å². The number of nitrogens with one attached hydrogen (secondary N) is 2. The van der Waals surface area contributed by atoms with Crippen molar-refractivity contribution in [1.82, 2.24) is 15.7 Å². The average molecular weight is 556 g/mol. The molecule has 3 rings (SSSR count). The lowest BCUT2D eigenvalue weighted by Gasteiger charge is -2.32. The number of furan rings is 1. The summed E-state index contributed by atoms with van der Waals surface area (Å²) in [5.74, 6) is -1.17. The normalized spacial score (nSPS) is 12.4. The van der Waals surface area contributed by atoms with Crippen molar-refractivity contribution in [3.05, 3.63) is 94.4 Å². The van der Waals surface area contributed by atoms with Gasteiger partial charge in [-0.05, 0) is 58.5 Å². The third-order valence-electron chi connectivity index (χ3n) is 5.77. The van der Waals surface area contributed by atoms with E-state index < -0.39 is 17.9 Å². The van der Waals surface area contributed by atoms with Gasteiger partial charge < -0.3 is 15.1 Å².